The number of hydrogen-bond donors (Lipinski definition) is 2. The number of aliphatic hydroxyl groups excluding tert-OH is 1. The fourth-order valence-electron chi connectivity index (χ4n) is 11.1. The molecule has 4 heterocycles. The smallest absolute Gasteiger partial charge is 0.311 e. The number of cyclic esters (lactones) is 1. The number of aliphatic hydroxyl groups is 2. The van der Waals surface area contributed by atoms with Crippen LogP contribution in [0.2, 0.25) is 39.3 Å². The highest BCUT2D eigenvalue weighted by atomic mass is 32.2. The molecular formula is C51H89N3O15SSi2. The van der Waals surface area contributed by atoms with Gasteiger partial charge in [-0.2, -0.15) is 8.42 Å². The van der Waals surface area contributed by atoms with E-state index < -0.39 is 128 Å². The lowest BCUT2D eigenvalue weighted by atomic mass is 9.73. The third-order valence-electron chi connectivity index (χ3n) is 15.0. The number of likely N-dealkylation sites (N-methyl/N-ethyl adjacent to an activating group) is 1. The normalized spacial score (nSPS) is 41.1. The number of esters is 1. The number of ether oxygens (including phenoxy) is 7. The molecule has 5 rings (SSSR count). The lowest BCUT2D eigenvalue weighted by Gasteiger charge is -2.51. The van der Waals surface area contributed by atoms with Crippen molar-refractivity contribution in [2.75, 3.05) is 28.3 Å². The molecule has 0 saturated carbocycles. The van der Waals surface area contributed by atoms with Gasteiger partial charge in [-0.3, -0.25) is 4.79 Å². The Kier molecular flexibility index (Phi) is 19.5. The number of benzene rings is 1. The minimum absolute atomic E-state index is 0.0263. The van der Waals surface area contributed by atoms with Crippen molar-refractivity contribution in [2.24, 2.45) is 33.2 Å². The average molecular weight is 1070 g/mol. The van der Waals surface area contributed by atoms with Gasteiger partial charge in [-0.05, 0) is 126 Å². The Hall–Kier alpha value is -2.23. The number of sulfonamides is 1. The lowest BCUT2D eigenvalue weighted by Crippen LogP contribution is -2.63. The molecule has 0 spiro atoms. The predicted octanol–water partition coefficient (Wildman–Crippen LogP) is 7.11. The highest BCUT2D eigenvalue weighted by Crippen LogP contribution is 2.43. The Morgan fingerprint density at radius 2 is 1.44 bits per heavy atom. The number of carbonyl (C=O) groups excluding carboxylic acids is 1. The Balaban J connectivity index is 1.72. The molecule has 3 saturated heterocycles. The van der Waals surface area contributed by atoms with E-state index in [9.17, 15) is 23.4 Å². The molecule has 0 amide bonds. The van der Waals surface area contributed by atoms with E-state index in [4.69, 9.17) is 46.8 Å². The van der Waals surface area contributed by atoms with Crippen molar-refractivity contribution < 1.29 is 70.3 Å². The zero-order valence-electron chi connectivity index (χ0n) is 46.7. The van der Waals surface area contributed by atoms with E-state index in [0.29, 0.717) is 6.42 Å². The fraction of sp³-hybridized carbons (Fsp3) is 0.824. The summed E-state index contributed by atoms with van der Waals surface area (Å²) in [5, 5.41) is 29.3. The third-order valence-corrected chi connectivity index (χ3v) is 18.3. The summed E-state index contributed by atoms with van der Waals surface area (Å²) in [6.45, 7) is 31.0. The highest BCUT2D eigenvalue weighted by Gasteiger charge is 2.55. The van der Waals surface area contributed by atoms with E-state index in [1.165, 1.54) is 13.0 Å². The van der Waals surface area contributed by atoms with Gasteiger partial charge in [-0.1, -0.05) is 45.0 Å². The van der Waals surface area contributed by atoms with E-state index in [1.807, 2.05) is 55.6 Å². The Morgan fingerprint density at radius 3 is 2.01 bits per heavy atom. The number of methoxy groups -OCH3 is 2. The van der Waals surface area contributed by atoms with Crippen LogP contribution in [0.5, 0.6) is 0 Å². The summed E-state index contributed by atoms with van der Waals surface area (Å²) in [7, 11) is -1.15. The largest absolute Gasteiger partial charge is 0.459 e. The molecule has 0 aromatic heterocycles. The first kappa shape index (κ1) is 60.6. The molecule has 0 bridgehead atoms. The van der Waals surface area contributed by atoms with E-state index in [1.54, 1.807) is 53.2 Å². The molecule has 2 N–H and O–H groups in total. The molecule has 1 unspecified atom stereocenters. The standard InChI is InChI=1S/C51H89N3O15SSi2/c1-21-38-51(10,57)43(55)31(4)40(52-67-46-35-24-22-23-25-37(35)70(58,59)53-46)29(2)27-49(8,60-13)44(66-48-42(68-71(15,16)17)36(54(11)12)26-30(3)62-48)32(5)41(33(6)47(56)64-38)65-39-28-50(9,61-14)45(34(7)63-39)69-72(18,19)20/h22-25,29-34,36,38-39,41-45,48,55,57H,21,26-28H2,1-20H3/b52-40+/t29-,30+,31+,32-,33+,34-,36-,38-,39?,41+,42+,43+,44+,45-,48-,49-,50+,51+/m0/s1. The van der Waals surface area contributed by atoms with Gasteiger partial charge < -0.3 is 62.0 Å². The van der Waals surface area contributed by atoms with Crippen LogP contribution in [0.4, 0.5) is 0 Å². The van der Waals surface area contributed by atoms with Crippen LogP contribution >= 0.6 is 0 Å². The summed E-state index contributed by atoms with van der Waals surface area (Å²) < 4.78 is 91.1. The van der Waals surface area contributed by atoms with Gasteiger partial charge in [0.1, 0.15) is 22.7 Å². The minimum Gasteiger partial charge on any atom is -0.459 e. The van der Waals surface area contributed by atoms with Crippen molar-refractivity contribution in [3.05, 3.63) is 29.8 Å². The van der Waals surface area contributed by atoms with Crippen LogP contribution in [0.25, 0.3) is 0 Å². The molecule has 412 valence electrons. The van der Waals surface area contributed by atoms with Crippen molar-refractivity contribution in [1.82, 2.24) is 4.90 Å². The second kappa shape index (κ2) is 23.2. The van der Waals surface area contributed by atoms with Crippen molar-refractivity contribution in [2.45, 2.75) is 223 Å². The molecular weight excluding hydrogens is 983 g/mol. The Morgan fingerprint density at radius 1 is 0.847 bits per heavy atom. The van der Waals surface area contributed by atoms with Crippen molar-refractivity contribution in [3.8, 4) is 0 Å². The maximum Gasteiger partial charge on any atom is 0.311 e. The molecule has 0 radical (unpaired) electrons. The van der Waals surface area contributed by atoms with Crippen LogP contribution < -0.4 is 0 Å². The molecule has 4 aliphatic rings. The second-order valence-electron chi connectivity index (χ2n) is 23.6. The molecule has 72 heavy (non-hydrogen) atoms. The summed E-state index contributed by atoms with van der Waals surface area (Å²) in [5.41, 5.74) is -3.69. The monoisotopic (exact) mass is 1070 g/mol. The maximum atomic E-state index is 14.9. The number of fused-ring (bicyclic) bond motifs is 1. The van der Waals surface area contributed by atoms with Gasteiger partial charge in [0.25, 0.3) is 15.9 Å². The maximum absolute atomic E-state index is 14.9. The first-order valence-electron chi connectivity index (χ1n) is 25.7. The van der Waals surface area contributed by atoms with Crippen LogP contribution in [0.3, 0.4) is 0 Å². The molecule has 1 aromatic carbocycles. The van der Waals surface area contributed by atoms with Gasteiger partial charge >= 0.3 is 5.97 Å². The van der Waals surface area contributed by atoms with E-state index >= 15 is 0 Å². The van der Waals surface area contributed by atoms with Crippen LogP contribution in [0.1, 0.15) is 100 Å². The third kappa shape index (κ3) is 13.7. The van der Waals surface area contributed by atoms with Gasteiger partial charge in [0, 0.05) is 44.4 Å². The molecule has 4 aliphatic heterocycles. The number of carbonyl (C=O) groups is 1. The summed E-state index contributed by atoms with van der Waals surface area (Å²) in [5.74, 6) is -4.26. The van der Waals surface area contributed by atoms with Crippen molar-refractivity contribution >= 4 is 44.2 Å². The zero-order chi connectivity index (χ0) is 54.3. The molecule has 3 fully saturated rings. The van der Waals surface area contributed by atoms with Gasteiger partial charge in [0.15, 0.2) is 29.2 Å². The molecule has 0 aliphatic carbocycles. The van der Waals surface area contributed by atoms with Crippen LogP contribution in [-0.4, -0.2) is 170 Å². The fourth-order valence-corrected chi connectivity index (χ4v) is 14.5. The van der Waals surface area contributed by atoms with Gasteiger partial charge in [0.05, 0.1) is 65.0 Å². The van der Waals surface area contributed by atoms with Crippen LogP contribution in [-0.2, 0) is 61.7 Å². The summed E-state index contributed by atoms with van der Waals surface area (Å²) in [6.07, 6.45) is -7.00. The quantitative estimate of drug-likeness (QED) is 0.114. The predicted molar refractivity (Wildman–Crippen MR) is 279 cm³/mol. The lowest BCUT2D eigenvalue weighted by molar-refractivity contribution is -0.316. The Labute approximate surface area is 432 Å². The first-order chi connectivity index (χ1) is 33.1. The summed E-state index contributed by atoms with van der Waals surface area (Å²) in [6, 6.07) is 6.19. The SMILES string of the molecule is CC[C@@H]1OC(=O)[C@H](C)[C@H](OC2C[C@@](C)(OC)[C@@H](O[Si](C)(C)C)[C@H](C)O2)[C@H](C)[C@@H](O[C@@H]2O[C@H](C)C[C@H](N(C)C)[C@H]2O[Si](C)(C)C)[C@@](C)(OC)C[C@H](C)/C(=N\OC2=NS(=O)(=O)c3ccccc32)[C@@H](C)[C@@H](O)[C@]1(C)O. The molecule has 18 atom stereocenters. The van der Waals surface area contributed by atoms with Gasteiger partial charge in [-0.15, -0.1) is 4.40 Å². The van der Waals surface area contributed by atoms with Crippen LogP contribution in [0.15, 0.2) is 38.7 Å². The van der Waals surface area contributed by atoms with Crippen molar-refractivity contribution in [1.29, 1.82) is 0 Å². The van der Waals surface area contributed by atoms with Gasteiger partial charge in [0.2, 0.25) is 0 Å². The van der Waals surface area contributed by atoms with Crippen LogP contribution in [0, 0.1) is 23.7 Å². The summed E-state index contributed by atoms with van der Waals surface area (Å²) in [4.78, 5) is 23.0. The van der Waals surface area contributed by atoms with E-state index in [-0.39, 0.29) is 53.5 Å². The van der Waals surface area contributed by atoms with Crippen molar-refractivity contribution in [3.63, 3.8) is 0 Å². The van der Waals surface area contributed by atoms with Gasteiger partial charge in [-0.25, -0.2) is 0 Å². The second-order valence-corrected chi connectivity index (χ2v) is 34.1. The van der Waals surface area contributed by atoms with E-state index in [0.717, 1.165) is 0 Å². The average Bonchev–Trinajstić information content (AvgIpc) is 3.55. The molecule has 21 heteroatoms. The van der Waals surface area contributed by atoms with E-state index in [2.05, 4.69) is 53.7 Å². The number of rotatable bonds is 13. The minimum atomic E-state index is -4.08. The summed E-state index contributed by atoms with van der Waals surface area (Å²) >= 11 is 0. The Bertz CT molecular complexity index is 2190. The number of oxime groups is 1. The first-order valence-corrected chi connectivity index (χ1v) is 33.9. The number of hydrogen-bond acceptors (Lipinski definition) is 17. The molecule has 1 aromatic rings. The number of nitrogens with zero attached hydrogens (tertiary/aromatic N) is 3. The zero-order valence-corrected chi connectivity index (χ0v) is 49.6. The highest BCUT2D eigenvalue weighted by molar-refractivity contribution is 7.90. The topological polar surface area (TPSA) is 212 Å². The molecule has 18 nitrogen and oxygen atoms in total.